The smallest absolute Gasteiger partial charge is 0.262 e. The zero-order valence-electron chi connectivity index (χ0n) is 14.0. The van der Waals surface area contributed by atoms with Crippen LogP contribution in [-0.2, 0) is 4.79 Å². The molecule has 0 saturated carbocycles. The highest BCUT2D eigenvalue weighted by Gasteiger charge is 2.25. The second-order valence-electron chi connectivity index (χ2n) is 6.04. The summed E-state index contributed by atoms with van der Waals surface area (Å²) < 4.78 is 0. The van der Waals surface area contributed by atoms with E-state index < -0.39 is 6.04 Å². The Balaban J connectivity index is 1.80. The lowest BCUT2D eigenvalue weighted by molar-refractivity contribution is -0.118. The zero-order valence-corrected chi connectivity index (χ0v) is 14.8. The van der Waals surface area contributed by atoms with Crippen LogP contribution in [0.25, 0.3) is 10.9 Å². The summed E-state index contributed by atoms with van der Waals surface area (Å²) in [7, 11) is 0. The van der Waals surface area contributed by atoms with Gasteiger partial charge in [-0.3, -0.25) is 14.6 Å². The summed E-state index contributed by atoms with van der Waals surface area (Å²) in [6.45, 7) is 3.81. The fraction of sp³-hybridized carbons (Fsp3) is 0.211. The van der Waals surface area contributed by atoms with Crippen molar-refractivity contribution in [2.45, 2.75) is 19.9 Å². The van der Waals surface area contributed by atoms with Crippen LogP contribution < -0.4 is 10.6 Å². The van der Waals surface area contributed by atoms with Crippen LogP contribution in [0, 0.1) is 5.92 Å². The van der Waals surface area contributed by atoms with Gasteiger partial charge in [0.15, 0.2) is 0 Å². The molecule has 5 nitrogen and oxygen atoms in total. The SMILES string of the molecule is CC(C)C(NC(=O)c1cccs1)C(=O)Nc1cccc2cccnc12. The molecule has 2 heterocycles. The minimum absolute atomic E-state index is 0.0492. The van der Waals surface area contributed by atoms with Gasteiger partial charge < -0.3 is 10.6 Å². The topological polar surface area (TPSA) is 71.1 Å². The van der Waals surface area contributed by atoms with E-state index in [9.17, 15) is 9.59 Å². The molecule has 128 valence electrons. The van der Waals surface area contributed by atoms with E-state index in [0.717, 1.165) is 10.9 Å². The molecule has 0 fully saturated rings. The van der Waals surface area contributed by atoms with Crippen LogP contribution in [0.5, 0.6) is 0 Å². The molecule has 3 rings (SSSR count). The van der Waals surface area contributed by atoms with Crippen molar-refractivity contribution >= 4 is 39.7 Å². The molecule has 6 heteroatoms. The molecule has 2 aromatic heterocycles. The maximum absolute atomic E-state index is 12.8. The third kappa shape index (κ3) is 3.85. The van der Waals surface area contributed by atoms with Gasteiger partial charge in [-0.25, -0.2) is 0 Å². The summed E-state index contributed by atoms with van der Waals surface area (Å²) in [5.41, 5.74) is 1.37. The second kappa shape index (κ2) is 7.44. The predicted octanol–water partition coefficient (Wildman–Crippen LogP) is 3.69. The van der Waals surface area contributed by atoms with E-state index in [2.05, 4.69) is 15.6 Å². The standard InChI is InChI=1S/C19H19N3O2S/c1-12(2)16(22-18(23)15-9-5-11-25-15)19(24)21-14-8-3-6-13-7-4-10-20-17(13)14/h3-12,16H,1-2H3,(H,21,24)(H,22,23). The molecule has 25 heavy (non-hydrogen) atoms. The molecule has 0 spiro atoms. The molecule has 0 aliphatic heterocycles. The third-order valence-corrected chi connectivity index (χ3v) is 4.74. The molecular weight excluding hydrogens is 334 g/mol. The Hall–Kier alpha value is -2.73. The van der Waals surface area contributed by atoms with Gasteiger partial charge in [0.05, 0.1) is 16.1 Å². The van der Waals surface area contributed by atoms with Gasteiger partial charge in [0.25, 0.3) is 5.91 Å². The Labute approximate surface area is 150 Å². The van der Waals surface area contributed by atoms with Gasteiger partial charge in [-0.1, -0.05) is 38.1 Å². The van der Waals surface area contributed by atoms with Gasteiger partial charge in [0, 0.05) is 11.6 Å². The number of benzene rings is 1. The first-order chi connectivity index (χ1) is 12.1. The number of nitrogens with one attached hydrogen (secondary N) is 2. The number of rotatable bonds is 5. The van der Waals surface area contributed by atoms with Crippen molar-refractivity contribution in [3.05, 3.63) is 58.9 Å². The van der Waals surface area contributed by atoms with E-state index in [1.54, 1.807) is 12.3 Å². The number of carbonyl (C=O) groups excluding carboxylic acids is 2. The number of para-hydroxylation sites is 1. The van der Waals surface area contributed by atoms with Crippen LogP contribution in [-0.4, -0.2) is 22.8 Å². The van der Waals surface area contributed by atoms with E-state index >= 15 is 0 Å². The summed E-state index contributed by atoms with van der Waals surface area (Å²) in [6, 6.07) is 12.3. The fourth-order valence-electron chi connectivity index (χ4n) is 2.57. The maximum Gasteiger partial charge on any atom is 0.262 e. The van der Waals surface area contributed by atoms with Crippen LogP contribution >= 0.6 is 11.3 Å². The quantitative estimate of drug-likeness (QED) is 0.735. The second-order valence-corrected chi connectivity index (χ2v) is 6.99. The number of pyridine rings is 1. The van der Waals surface area contributed by atoms with Crippen LogP contribution in [0.2, 0.25) is 0 Å². The summed E-state index contributed by atoms with van der Waals surface area (Å²) in [6.07, 6.45) is 1.69. The van der Waals surface area contributed by atoms with E-state index in [1.807, 2.05) is 55.6 Å². The van der Waals surface area contributed by atoms with Crippen molar-refractivity contribution < 1.29 is 9.59 Å². The molecule has 1 atom stereocenters. The number of fused-ring (bicyclic) bond motifs is 1. The predicted molar refractivity (Wildman–Crippen MR) is 101 cm³/mol. The first-order valence-electron chi connectivity index (χ1n) is 8.05. The normalized spacial score (nSPS) is 12.1. The molecule has 0 saturated heterocycles. The van der Waals surface area contributed by atoms with Crippen molar-refractivity contribution in [2.24, 2.45) is 5.92 Å². The number of hydrogen-bond acceptors (Lipinski definition) is 4. The highest BCUT2D eigenvalue weighted by molar-refractivity contribution is 7.12. The zero-order chi connectivity index (χ0) is 17.8. The number of anilines is 1. The van der Waals surface area contributed by atoms with Crippen molar-refractivity contribution in [2.75, 3.05) is 5.32 Å². The molecule has 2 N–H and O–H groups in total. The Bertz CT molecular complexity index is 885. The first kappa shape index (κ1) is 17.1. The van der Waals surface area contributed by atoms with Crippen molar-refractivity contribution in [1.29, 1.82) is 0 Å². The fourth-order valence-corrected chi connectivity index (χ4v) is 3.20. The van der Waals surface area contributed by atoms with Crippen LogP contribution in [0.1, 0.15) is 23.5 Å². The highest BCUT2D eigenvalue weighted by Crippen LogP contribution is 2.21. The number of carbonyl (C=O) groups is 2. The average molecular weight is 353 g/mol. The lowest BCUT2D eigenvalue weighted by Gasteiger charge is -2.21. The summed E-state index contributed by atoms with van der Waals surface area (Å²) >= 11 is 1.35. The molecule has 0 bridgehead atoms. The van der Waals surface area contributed by atoms with Crippen molar-refractivity contribution in [3.8, 4) is 0 Å². The first-order valence-corrected chi connectivity index (χ1v) is 8.93. The third-order valence-electron chi connectivity index (χ3n) is 3.87. The van der Waals surface area contributed by atoms with Gasteiger partial charge >= 0.3 is 0 Å². The number of thiophene rings is 1. The van der Waals surface area contributed by atoms with Gasteiger partial charge in [0.1, 0.15) is 6.04 Å². The van der Waals surface area contributed by atoms with E-state index in [-0.39, 0.29) is 17.7 Å². The summed E-state index contributed by atoms with van der Waals surface area (Å²) in [4.78, 5) is 30.0. The lowest BCUT2D eigenvalue weighted by atomic mass is 10.0. The minimum Gasteiger partial charge on any atom is -0.339 e. The van der Waals surface area contributed by atoms with Crippen molar-refractivity contribution in [1.82, 2.24) is 10.3 Å². The Morgan fingerprint density at radius 2 is 1.88 bits per heavy atom. The number of amides is 2. The molecule has 3 aromatic rings. The molecule has 0 aliphatic rings. The Kier molecular flexibility index (Phi) is 5.09. The minimum atomic E-state index is -0.631. The molecular formula is C19H19N3O2S. The van der Waals surface area contributed by atoms with E-state index in [4.69, 9.17) is 0 Å². The van der Waals surface area contributed by atoms with Crippen molar-refractivity contribution in [3.63, 3.8) is 0 Å². The molecule has 2 amide bonds. The van der Waals surface area contributed by atoms with Crippen LogP contribution in [0.3, 0.4) is 0 Å². The average Bonchev–Trinajstić information content (AvgIpc) is 3.14. The van der Waals surface area contributed by atoms with Gasteiger partial charge in [-0.2, -0.15) is 0 Å². The molecule has 1 aromatic carbocycles. The summed E-state index contributed by atoms with van der Waals surface area (Å²) in [5.74, 6) is -0.537. The molecule has 1 unspecified atom stereocenters. The molecule has 0 radical (unpaired) electrons. The van der Waals surface area contributed by atoms with Crippen LogP contribution in [0.4, 0.5) is 5.69 Å². The Morgan fingerprint density at radius 3 is 2.60 bits per heavy atom. The Morgan fingerprint density at radius 1 is 1.08 bits per heavy atom. The monoisotopic (exact) mass is 353 g/mol. The van der Waals surface area contributed by atoms with E-state index in [0.29, 0.717) is 10.6 Å². The maximum atomic E-state index is 12.8. The van der Waals surface area contributed by atoms with Crippen LogP contribution in [0.15, 0.2) is 54.0 Å². The lowest BCUT2D eigenvalue weighted by Crippen LogP contribution is -2.47. The van der Waals surface area contributed by atoms with Gasteiger partial charge in [-0.15, -0.1) is 11.3 Å². The molecule has 0 aliphatic carbocycles. The number of nitrogens with zero attached hydrogens (tertiary/aromatic N) is 1. The highest BCUT2D eigenvalue weighted by atomic mass is 32.1. The number of hydrogen-bond donors (Lipinski definition) is 2. The van der Waals surface area contributed by atoms with Gasteiger partial charge in [-0.05, 0) is 29.5 Å². The summed E-state index contributed by atoms with van der Waals surface area (Å²) in [5, 5.41) is 8.51. The van der Waals surface area contributed by atoms with Gasteiger partial charge in [0.2, 0.25) is 5.91 Å². The van der Waals surface area contributed by atoms with E-state index in [1.165, 1.54) is 11.3 Å². The number of aromatic nitrogens is 1. The largest absolute Gasteiger partial charge is 0.339 e.